The van der Waals surface area contributed by atoms with Crippen LogP contribution >= 0.6 is 15.9 Å². The zero-order valence-electron chi connectivity index (χ0n) is 8.57. The molecule has 14 heavy (non-hydrogen) atoms. The zero-order chi connectivity index (χ0) is 10.6. The number of hydrogen-bond acceptors (Lipinski definition) is 3. The summed E-state index contributed by atoms with van der Waals surface area (Å²) in [6.07, 6.45) is 1.81. The number of rotatable bonds is 4. The Hall–Kier alpha value is -0.610. The van der Waals surface area contributed by atoms with Gasteiger partial charge in [-0.3, -0.25) is 0 Å². The topological polar surface area (TPSA) is 42.1 Å². The van der Waals surface area contributed by atoms with E-state index in [-0.39, 0.29) is 0 Å². The molecule has 0 bridgehead atoms. The number of nitrogens with zero attached hydrogens (tertiary/aromatic N) is 2. The van der Waals surface area contributed by atoms with Crippen molar-refractivity contribution in [2.24, 2.45) is 5.73 Å². The van der Waals surface area contributed by atoms with Crippen LogP contribution in [0.5, 0.6) is 0 Å². The summed E-state index contributed by atoms with van der Waals surface area (Å²) in [5.41, 5.74) is 5.56. The number of pyridine rings is 1. The van der Waals surface area contributed by atoms with E-state index in [9.17, 15) is 0 Å². The standard InChI is InChI=1S/C10H16BrN3/c1-8(2)14(6-5-12)10-4-3-9(11)7-13-10/h3-4,7-8H,5-6,12H2,1-2H3. The summed E-state index contributed by atoms with van der Waals surface area (Å²) >= 11 is 3.36. The van der Waals surface area contributed by atoms with Gasteiger partial charge in [-0.1, -0.05) is 0 Å². The molecule has 1 aromatic heterocycles. The first-order chi connectivity index (χ1) is 6.65. The lowest BCUT2D eigenvalue weighted by molar-refractivity contribution is 0.674. The SMILES string of the molecule is CC(C)N(CCN)c1ccc(Br)cn1. The maximum atomic E-state index is 5.56. The molecule has 0 atom stereocenters. The fourth-order valence-electron chi connectivity index (χ4n) is 1.31. The van der Waals surface area contributed by atoms with Gasteiger partial charge in [-0.05, 0) is 41.9 Å². The van der Waals surface area contributed by atoms with Gasteiger partial charge < -0.3 is 10.6 Å². The van der Waals surface area contributed by atoms with E-state index in [1.165, 1.54) is 0 Å². The van der Waals surface area contributed by atoms with E-state index < -0.39 is 0 Å². The van der Waals surface area contributed by atoms with Crippen molar-refractivity contribution < 1.29 is 0 Å². The molecule has 0 aliphatic rings. The summed E-state index contributed by atoms with van der Waals surface area (Å²) in [7, 11) is 0. The first-order valence-corrected chi connectivity index (χ1v) is 5.52. The van der Waals surface area contributed by atoms with Crippen molar-refractivity contribution in [2.45, 2.75) is 19.9 Å². The van der Waals surface area contributed by atoms with Gasteiger partial charge in [-0.25, -0.2) is 4.98 Å². The van der Waals surface area contributed by atoms with E-state index in [2.05, 4.69) is 39.7 Å². The van der Waals surface area contributed by atoms with Gasteiger partial charge in [0.2, 0.25) is 0 Å². The molecule has 0 spiro atoms. The monoisotopic (exact) mass is 257 g/mol. The van der Waals surface area contributed by atoms with Crippen molar-refractivity contribution in [1.29, 1.82) is 0 Å². The molecule has 0 saturated carbocycles. The molecule has 0 aliphatic carbocycles. The summed E-state index contributed by atoms with van der Waals surface area (Å²) < 4.78 is 0.998. The van der Waals surface area contributed by atoms with Crippen LogP contribution in [0.4, 0.5) is 5.82 Å². The third kappa shape index (κ3) is 2.96. The lowest BCUT2D eigenvalue weighted by Crippen LogP contribution is -2.35. The fraction of sp³-hybridized carbons (Fsp3) is 0.500. The molecule has 0 aromatic carbocycles. The normalized spacial score (nSPS) is 10.6. The van der Waals surface area contributed by atoms with E-state index in [4.69, 9.17) is 5.73 Å². The third-order valence-electron chi connectivity index (χ3n) is 2.00. The molecule has 0 radical (unpaired) electrons. The molecule has 0 unspecified atom stereocenters. The first kappa shape index (κ1) is 11.5. The van der Waals surface area contributed by atoms with Crippen molar-refractivity contribution in [3.05, 3.63) is 22.8 Å². The summed E-state index contributed by atoms with van der Waals surface area (Å²) in [6, 6.07) is 4.42. The van der Waals surface area contributed by atoms with Crippen molar-refractivity contribution in [2.75, 3.05) is 18.0 Å². The van der Waals surface area contributed by atoms with Crippen molar-refractivity contribution in [3.63, 3.8) is 0 Å². The Balaban J connectivity index is 2.82. The summed E-state index contributed by atoms with van der Waals surface area (Å²) in [5.74, 6) is 0.980. The molecule has 2 N–H and O–H groups in total. The highest BCUT2D eigenvalue weighted by Gasteiger charge is 2.09. The smallest absolute Gasteiger partial charge is 0.128 e. The summed E-state index contributed by atoms with van der Waals surface area (Å²) in [5, 5.41) is 0. The Morgan fingerprint density at radius 1 is 1.50 bits per heavy atom. The van der Waals surface area contributed by atoms with Crippen LogP contribution in [0.25, 0.3) is 0 Å². The van der Waals surface area contributed by atoms with Crippen LogP contribution < -0.4 is 10.6 Å². The average Bonchev–Trinajstić information content (AvgIpc) is 2.15. The average molecular weight is 258 g/mol. The van der Waals surface area contributed by atoms with Crippen LogP contribution in [0.3, 0.4) is 0 Å². The molecule has 1 rings (SSSR count). The highest BCUT2D eigenvalue weighted by atomic mass is 79.9. The molecular weight excluding hydrogens is 242 g/mol. The molecule has 0 aliphatic heterocycles. The molecule has 1 heterocycles. The van der Waals surface area contributed by atoms with Gasteiger partial charge in [0.25, 0.3) is 0 Å². The minimum Gasteiger partial charge on any atom is -0.353 e. The van der Waals surface area contributed by atoms with Gasteiger partial charge in [0.1, 0.15) is 5.82 Å². The molecule has 0 saturated heterocycles. The van der Waals surface area contributed by atoms with E-state index >= 15 is 0 Å². The zero-order valence-corrected chi connectivity index (χ0v) is 10.2. The van der Waals surface area contributed by atoms with E-state index in [0.29, 0.717) is 12.6 Å². The van der Waals surface area contributed by atoms with Gasteiger partial charge in [0, 0.05) is 29.8 Å². The van der Waals surface area contributed by atoms with E-state index in [0.717, 1.165) is 16.8 Å². The third-order valence-corrected chi connectivity index (χ3v) is 2.47. The lowest BCUT2D eigenvalue weighted by atomic mass is 10.3. The second-order valence-corrected chi connectivity index (χ2v) is 4.33. The van der Waals surface area contributed by atoms with Crippen molar-refractivity contribution >= 4 is 21.7 Å². The van der Waals surface area contributed by atoms with Gasteiger partial charge in [0.05, 0.1) is 0 Å². The van der Waals surface area contributed by atoms with Crippen LogP contribution in [-0.2, 0) is 0 Å². The van der Waals surface area contributed by atoms with E-state index in [1.807, 2.05) is 12.1 Å². The number of nitrogens with two attached hydrogens (primary N) is 1. The molecule has 0 amide bonds. The van der Waals surface area contributed by atoms with Gasteiger partial charge in [-0.2, -0.15) is 0 Å². The molecule has 1 aromatic rings. The van der Waals surface area contributed by atoms with Gasteiger partial charge in [-0.15, -0.1) is 0 Å². The predicted molar refractivity (Wildman–Crippen MR) is 63.5 cm³/mol. The second kappa shape index (κ2) is 5.32. The first-order valence-electron chi connectivity index (χ1n) is 4.73. The fourth-order valence-corrected chi connectivity index (χ4v) is 1.55. The van der Waals surface area contributed by atoms with Crippen LogP contribution in [0.1, 0.15) is 13.8 Å². The van der Waals surface area contributed by atoms with Crippen molar-refractivity contribution in [3.8, 4) is 0 Å². The second-order valence-electron chi connectivity index (χ2n) is 3.41. The highest BCUT2D eigenvalue weighted by Crippen LogP contribution is 2.16. The number of anilines is 1. The van der Waals surface area contributed by atoms with Crippen LogP contribution in [0.2, 0.25) is 0 Å². The Morgan fingerprint density at radius 3 is 2.64 bits per heavy atom. The Morgan fingerprint density at radius 2 is 2.21 bits per heavy atom. The summed E-state index contributed by atoms with van der Waals surface area (Å²) in [4.78, 5) is 6.53. The Labute approximate surface area is 93.4 Å². The van der Waals surface area contributed by atoms with E-state index in [1.54, 1.807) is 6.20 Å². The van der Waals surface area contributed by atoms with Crippen molar-refractivity contribution in [1.82, 2.24) is 4.98 Å². The molecule has 4 heteroatoms. The Bertz CT molecular complexity index is 271. The van der Waals surface area contributed by atoms with Gasteiger partial charge in [0.15, 0.2) is 0 Å². The predicted octanol–water partition coefficient (Wildman–Crippen LogP) is 2.02. The molecular formula is C10H16BrN3. The molecule has 3 nitrogen and oxygen atoms in total. The number of halogens is 1. The quantitative estimate of drug-likeness (QED) is 0.898. The lowest BCUT2D eigenvalue weighted by Gasteiger charge is -2.27. The van der Waals surface area contributed by atoms with Gasteiger partial charge >= 0.3 is 0 Å². The largest absolute Gasteiger partial charge is 0.353 e. The number of hydrogen-bond donors (Lipinski definition) is 1. The summed E-state index contributed by atoms with van der Waals surface area (Å²) in [6.45, 7) is 5.76. The minimum atomic E-state index is 0.423. The number of aromatic nitrogens is 1. The molecule has 78 valence electrons. The minimum absolute atomic E-state index is 0.423. The van der Waals surface area contributed by atoms with Crippen LogP contribution in [-0.4, -0.2) is 24.1 Å². The highest BCUT2D eigenvalue weighted by molar-refractivity contribution is 9.10. The maximum Gasteiger partial charge on any atom is 0.128 e. The van der Waals surface area contributed by atoms with Crippen LogP contribution in [0.15, 0.2) is 22.8 Å². The molecule has 0 fully saturated rings. The maximum absolute atomic E-state index is 5.56. The Kier molecular flexibility index (Phi) is 4.35. The van der Waals surface area contributed by atoms with Crippen LogP contribution in [0, 0.1) is 0 Å².